The minimum Gasteiger partial charge on any atom is -0.333 e. The van der Waals surface area contributed by atoms with Crippen molar-refractivity contribution in [1.29, 1.82) is 0 Å². The van der Waals surface area contributed by atoms with E-state index in [9.17, 15) is 0 Å². The van der Waals surface area contributed by atoms with Crippen LogP contribution in [0.1, 0.15) is 31.0 Å². The van der Waals surface area contributed by atoms with Crippen LogP contribution in [0.3, 0.4) is 0 Å². The largest absolute Gasteiger partial charge is 0.333 e. The van der Waals surface area contributed by atoms with Gasteiger partial charge in [-0.25, -0.2) is 4.98 Å². The zero-order valence-electron chi connectivity index (χ0n) is 7.40. The van der Waals surface area contributed by atoms with Gasteiger partial charge in [0.1, 0.15) is 0 Å². The molecule has 0 amide bonds. The van der Waals surface area contributed by atoms with Crippen molar-refractivity contribution in [3.63, 3.8) is 0 Å². The average molecular weight is 165 g/mol. The van der Waals surface area contributed by atoms with E-state index in [-0.39, 0.29) is 0 Å². The number of aromatic nitrogens is 2. The first-order valence-corrected chi connectivity index (χ1v) is 4.53. The number of hydrogen-bond donors (Lipinski definition) is 1. The molecule has 0 spiro atoms. The van der Waals surface area contributed by atoms with Gasteiger partial charge >= 0.3 is 0 Å². The molecular weight excluding hydrogens is 150 g/mol. The molecule has 0 saturated heterocycles. The van der Waals surface area contributed by atoms with Crippen molar-refractivity contribution < 1.29 is 0 Å². The standard InChI is InChI=1S/C9H15N3/c1-7-5-12(6-11-7)9-4-2-3-8(9)10/h5-6,8-9H,2-4,10H2,1H3. The van der Waals surface area contributed by atoms with Crippen molar-refractivity contribution in [3.05, 3.63) is 18.2 Å². The highest BCUT2D eigenvalue weighted by atomic mass is 15.1. The number of nitrogens with zero attached hydrogens (tertiary/aromatic N) is 2. The van der Waals surface area contributed by atoms with E-state index in [1.165, 1.54) is 12.8 Å². The summed E-state index contributed by atoms with van der Waals surface area (Å²) in [4.78, 5) is 4.20. The van der Waals surface area contributed by atoms with Crippen molar-refractivity contribution in [2.24, 2.45) is 5.73 Å². The Morgan fingerprint density at radius 1 is 1.58 bits per heavy atom. The van der Waals surface area contributed by atoms with Crippen LogP contribution in [-0.2, 0) is 0 Å². The number of imidazole rings is 1. The Kier molecular flexibility index (Phi) is 1.89. The molecule has 2 unspecified atom stereocenters. The Hall–Kier alpha value is -0.830. The number of nitrogens with two attached hydrogens (primary N) is 1. The van der Waals surface area contributed by atoms with Crippen molar-refractivity contribution in [1.82, 2.24) is 9.55 Å². The topological polar surface area (TPSA) is 43.8 Å². The van der Waals surface area contributed by atoms with Crippen LogP contribution in [0, 0.1) is 6.92 Å². The highest BCUT2D eigenvalue weighted by Gasteiger charge is 2.24. The van der Waals surface area contributed by atoms with Crippen molar-refractivity contribution in [3.8, 4) is 0 Å². The summed E-state index contributed by atoms with van der Waals surface area (Å²) in [6.45, 7) is 2.01. The molecular formula is C9H15N3. The first-order valence-electron chi connectivity index (χ1n) is 4.53. The minimum absolute atomic E-state index is 0.332. The Morgan fingerprint density at radius 2 is 2.42 bits per heavy atom. The molecule has 0 radical (unpaired) electrons. The van der Waals surface area contributed by atoms with E-state index in [0.717, 1.165) is 12.1 Å². The lowest BCUT2D eigenvalue weighted by atomic mass is 10.2. The van der Waals surface area contributed by atoms with Gasteiger partial charge in [-0.1, -0.05) is 0 Å². The summed E-state index contributed by atoms with van der Waals surface area (Å²) in [5.41, 5.74) is 7.05. The van der Waals surface area contributed by atoms with Crippen LogP contribution in [0.4, 0.5) is 0 Å². The third-order valence-corrected chi connectivity index (χ3v) is 2.65. The first-order chi connectivity index (χ1) is 5.77. The van der Waals surface area contributed by atoms with Crippen molar-refractivity contribution >= 4 is 0 Å². The number of hydrogen-bond acceptors (Lipinski definition) is 2. The van der Waals surface area contributed by atoms with Crippen molar-refractivity contribution in [2.75, 3.05) is 0 Å². The molecule has 2 N–H and O–H groups in total. The first kappa shape index (κ1) is 7.80. The number of aryl methyl sites for hydroxylation is 1. The second-order valence-corrected chi connectivity index (χ2v) is 3.62. The molecule has 1 saturated carbocycles. The van der Waals surface area contributed by atoms with E-state index in [1.54, 1.807) is 0 Å². The predicted octanol–water partition coefficient (Wildman–Crippen LogP) is 1.24. The van der Waals surface area contributed by atoms with Gasteiger partial charge in [0.05, 0.1) is 12.0 Å². The van der Waals surface area contributed by atoms with Gasteiger partial charge in [0.15, 0.2) is 0 Å². The average Bonchev–Trinajstić information content (AvgIpc) is 2.58. The van der Waals surface area contributed by atoms with Gasteiger partial charge in [0, 0.05) is 18.3 Å². The maximum atomic E-state index is 5.97. The monoisotopic (exact) mass is 165 g/mol. The van der Waals surface area contributed by atoms with Gasteiger partial charge in [-0.3, -0.25) is 0 Å². The molecule has 66 valence electrons. The molecule has 0 aromatic carbocycles. The van der Waals surface area contributed by atoms with Crippen LogP contribution in [0.5, 0.6) is 0 Å². The van der Waals surface area contributed by atoms with Gasteiger partial charge in [-0.15, -0.1) is 0 Å². The van der Waals surface area contributed by atoms with Gasteiger partial charge < -0.3 is 10.3 Å². The van der Waals surface area contributed by atoms with Crippen molar-refractivity contribution in [2.45, 2.75) is 38.3 Å². The van der Waals surface area contributed by atoms with Gasteiger partial charge in [-0.2, -0.15) is 0 Å². The van der Waals surface area contributed by atoms with E-state index in [4.69, 9.17) is 5.73 Å². The highest BCUT2D eigenvalue weighted by molar-refractivity contribution is 4.97. The summed E-state index contributed by atoms with van der Waals surface area (Å²) in [5.74, 6) is 0. The quantitative estimate of drug-likeness (QED) is 0.680. The molecule has 3 nitrogen and oxygen atoms in total. The summed E-state index contributed by atoms with van der Waals surface area (Å²) in [6, 6.07) is 0.824. The zero-order valence-corrected chi connectivity index (χ0v) is 7.40. The molecule has 1 aromatic heterocycles. The van der Waals surface area contributed by atoms with E-state index in [0.29, 0.717) is 12.1 Å². The zero-order chi connectivity index (χ0) is 8.55. The Bertz CT molecular complexity index is 266. The summed E-state index contributed by atoms with van der Waals surface area (Å²) in [7, 11) is 0. The maximum absolute atomic E-state index is 5.97. The van der Waals surface area contributed by atoms with Crippen LogP contribution < -0.4 is 5.73 Å². The smallest absolute Gasteiger partial charge is 0.0952 e. The summed E-state index contributed by atoms with van der Waals surface area (Å²) < 4.78 is 2.16. The fourth-order valence-electron chi connectivity index (χ4n) is 1.96. The lowest BCUT2D eigenvalue weighted by Crippen LogP contribution is -2.26. The van der Waals surface area contributed by atoms with Gasteiger partial charge in [0.25, 0.3) is 0 Å². The lowest BCUT2D eigenvalue weighted by molar-refractivity contribution is 0.461. The molecule has 3 heteroatoms. The number of rotatable bonds is 1. The molecule has 1 fully saturated rings. The molecule has 0 aliphatic heterocycles. The van der Waals surface area contributed by atoms with E-state index >= 15 is 0 Å². The third kappa shape index (κ3) is 1.25. The highest BCUT2D eigenvalue weighted by Crippen LogP contribution is 2.28. The molecule has 1 aromatic rings. The Balaban J connectivity index is 2.19. The minimum atomic E-state index is 0.332. The summed E-state index contributed by atoms with van der Waals surface area (Å²) in [6.07, 6.45) is 7.59. The third-order valence-electron chi connectivity index (χ3n) is 2.65. The Morgan fingerprint density at radius 3 is 2.92 bits per heavy atom. The molecule has 1 aliphatic carbocycles. The van der Waals surface area contributed by atoms with E-state index in [2.05, 4.69) is 15.7 Å². The molecule has 1 heterocycles. The van der Waals surface area contributed by atoms with E-state index in [1.807, 2.05) is 13.3 Å². The van der Waals surface area contributed by atoms with E-state index < -0.39 is 0 Å². The molecule has 2 atom stereocenters. The predicted molar refractivity (Wildman–Crippen MR) is 47.8 cm³/mol. The lowest BCUT2D eigenvalue weighted by Gasteiger charge is -2.16. The van der Waals surface area contributed by atoms with Crippen LogP contribution >= 0.6 is 0 Å². The van der Waals surface area contributed by atoms with Crippen LogP contribution in [0.25, 0.3) is 0 Å². The van der Waals surface area contributed by atoms with Crippen LogP contribution in [0.15, 0.2) is 12.5 Å². The van der Waals surface area contributed by atoms with Crippen LogP contribution in [0.2, 0.25) is 0 Å². The molecule has 2 rings (SSSR count). The second-order valence-electron chi connectivity index (χ2n) is 3.62. The SMILES string of the molecule is Cc1cn(C2CCCC2N)cn1. The maximum Gasteiger partial charge on any atom is 0.0952 e. The summed E-state index contributed by atoms with van der Waals surface area (Å²) in [5, 5.41) is 0. The van der Waals surface area contributed by atoms with Gasteiger partial charge in [0.2, 0.25) is 0 Å². The Labute approximate surface area is 72.6 Å². The second kappa shape index (κ2) is 2.90. The molecule has 0 bridgehead atoms. The fourth-order valence-corrected chi connectivity index (χ4v) is 1.96. The van der Waals surface area contributed by atoms with Gasteiger partial charge in [-0.05, 0) is 26.2 Å². The summed E-state index contributed by atoms with van der Waals surface area (Å²) >= 11 is 0. The fraction of sp³-hybridized carbons (Fsp3) is 0.667. The molecule has 12 heavy (non-hydrogen) atoms. The normalized spacial score (nSPS) is 29.5. The van der Waals surface area contributed by atoms with Crippen LogP contribution in [-0.4, -0.2) is 15.6 Å². The molecule has 1 aliphatic rings.